The SMILES string of the molecule is Clc1c(-c2cc3ccccc3[nH]2)cnc2[nH]ccc12. The first kappa shape index (κ1) is 10.6. The van der Waals surface area contributed by atoms with Gasteiger partial charge in [0.1, 0.15) is 5.65 Å². The van der Waals surface area contributed by atoms with E-state index in [9.17, 15) is 0 Å². The fourth-order valence-corrected chi connectivity index (χ4v) is 2.68. The molecular weight excluding hydrogens is 258 g/mol. The van der Waals surface area contributed by atoms with Gasteiger partial charge in [0, 0.05) is 39.9 Å². The molecule has 0 aliphatic rings. The zero-order valence-corrected chi connectivity index (χ0v) is 10.7. The van der Waals surface area contributed by atoms with E-state index in [0.717, 1.165) is 32.8 Å². The largest absolute Gasteiger partial charge is 0.354 e. The number of H-pyrrole nitrogens is 2. The molecule has 0 spiro atoms. The van der Waals surface area contributed by atoms with Crippen LogP contribution in [0.15, 0.2) is 48.8 Å². The Morgan fingerprint density at radius 2 is 2.00 bits per heavy atom. The minimum Gasteiger partial charge on any atom is -0.354 e. The molecule has 3 aromatic heterocycles. The Balaban J connectivity index is 2.00. The number of nitrogens with zero attached hydrogens (tertiary/aromatic N) is 1. The van der Waals surface area contributed by atoms with Crippen LogP contribution >= 0.6 is 11.6 Å². The number of aromatic amines is 2. The Morgan fingerprint density at radius 1 is 1.11 bits per heavy atom. The second-order valence-corrected chi connectivity index (χ2v) is 4.87. The highest BCUT2D eigenvalue weighted by molar-refractivity contribution is 6.38. The number of hydrogen-bond acceptors (Lipinski definition) is 1. The fraction of sp³-hybridized carbons (Fsp3) is 0. The van der Waals surface area contributed by atoms with E-state index in [4.69, 9.17) is 11.6 Å². The van der Waals surface area contributed by atoms with E-state index in [-0.39, 0.29) is 0 Å². The zero-order valence-electron chi connectivity index (χ0n) is 9.94. The Bertz CT molecular complexity index is 856. The van der Waals surface area contributed by atoms with Gasteiger partial charge in [0.15, 0.2) is 0 Å². The maximum absolute atomic E-state index is 6.47. The first-order valence-corrected chi connectivity index (χ1v) is 6.40. The van der Waals surface area contributed by atoms with Gasteiger partial charge in [-0.15, -0.1) is 0 Å². The number of nitrogens with one attached hydrogen (secondary N) is 2. The highest BCUT2D eigenvalue weighted by Gasteiger charge is 2.11. The lowest BCUT2D eigenvalue weighted by atomic mass is 10.1. The number of rotatable bonds is 1. The van der Waals surface area contributed by atoms with Gasteiger partial charge in [-0.05, 0) is 18.2 Å². The second kappa shape index (κ2) is 3.87. The molecule has 0 amide bonds. The van der Waals surface area contributed by atoms with Crippen molar-refractivity contribution in [3.8, 4) is 11.3 Å². The Kier molecular flexibility index (Phi) is 2.17. The zero-order chi connectivity index (χ0) is 12.8. The standard InChI is InChI=1S/C15H10ClN3/c16-14-10-5-6-17-15(10)18-8-11(14)13-7-9-3-1-2-4-12(9)19-13/h1-8,19H,(H,17,18). The molecule has 0 saturated carbocycles. The van der Waals surface area contributed by atoms with E-state index in [1.165, 1.54) is 5.39 Å². The average Bonchev–Trinajstić information content (AvgIpc) is 3.05. The van der Waals surface area contributed by atoms with Crippen molar-refractivity contribution in [2.75, 3.05) is 0 Å². The van der Waals surface area contributed by atoms with Gasteiger partial charge in [0.25, 0.3) is 0 Å². The molecule has 0 saturated heterocycles. The average molecular weight is 268 g/mol. The lowest BCUT2D eigenvalue weighted by Crippen LogP contribution is -1.84. The first-order valence-electron chi connectivity index (χ1n) is 6.02. The number of para-hydroxylation sites is 1. The van der Waals surface area contributed by atoms with Crippen LogP contribution in [0.25, 0.3) is 33.2 Å². The lowest BCUT2D eigenvalue weighted by Gasteiger charge is -2.02. The molecule has 92 valence electrons. The minimum absolute atomic E-state index is 0.720. The predicted octanol–water partition coefficient (Wildman–Crippen LogP) is 4.36. The molecule has 0 atom stereocenters. The third-order valence-electron chi connectivity index (χ3n) is 3.34. The van der Waals surface area contributed by atoms with Crippen molar-refractivity contribution < 1.29 is 0 Å². The van der Waals surface area contributed by atoms with Crippen molar-refractivity contribution >= 4 is 33.5 Å². The molecule has 2 N–H and O–H groups in total. The quantitative estimate of drug-likeness (QED) is 0.529. The van der Waals surface area contributed by atoms with Crippen LogP contribution in [0, 0.1) is 0 Å². The van der Waals surface area contributed by atoms with Crippen molar-refractivity contribution in [3.05, 3.63) is 53.8 Å². The predicted molar refractivity (Wildman–Crippen MR) is 78.4 cm³/mol. The number of aromatic nitrogens is 3. The molecule has 4 heteroatoms. The van der Waals surface area contributed by atoms with Crippen LogP contribution in [-0.4, -0.2) is 15.0 Å². The van der Waals surface area contributed by atoms with Gasteiger partial charge in [-0.25, -0.2) is 4.98 Å². The van der Waals surface area contributed by atoms with Crippen molar-refractivity contribution in [2.45, 2.75) is 0 Å². The van der Waals surface area contributed by atoms with Crippen LogP contribution in [0.4, 0.5) is 0 Å². The van der Waals surface area contributed by atoms with Crippen LogP contribution in [0.1, 0.15) is 0 Å². The summed E-state index contributed by atoms with van der Waals surface area (Å²) in [6.45, 7) is 0. The summed E-state index contributed by atoms with van der Waals surface area (Å²) in [6.07, 6.45) is 3.64. The van der Waals surface area contributed by atoms with Gasteiger partial charge in [-0.3, -0.25) is 0 Å². The van der Waals surface area contributed by atoms with Crippen LogP contribution < -0.4 is 0 Å². The van der Waals surface area contributed by atoms with Crippen molar-refractivity contribution in [3.63, 3.8) is 0 Å². The number of benzene rings is 1. The minimum atomic E-state index is 0.720. The molecule has 0 fully saturated rings. The Labute approximate surface area is 114 Å². The fourth-order valence-electron chi connectivity index (χ4n) is 2.38. The first-order chi connectivity index (χ1) is 9.33. The number of pyridine rings is 1. The maximum atomic E-state index is 6.47. The normalized spacial score (nSPS) is 11.4. The summed E-state index contributed by atoms with van der Waals surface area (Å²) in [5, 5.41) is 2.83. The Morgan fingerprint density at radius 3 is 2.89 bits per heavy atom. The third-order valence-corrected chi connectivity index (χ3v) is 3.75. The van der Waals surface area contributed by atoms with E-state index >= 15 is 0 Å². The highest BCUT2D eigenvalue weighted by atomic mass is 35.5. The molecule has 0 bridgehead atoms. The van der Waals surface area contributed by atoms with Crippen LogP contribution in [0.3, 0.4) is 0 Å². The van der Waals surface area contributed by atoms with Gasteiger partial charge < -0.3 is 9.97 Å². The van der Waals surface area contributed by atoms with Crippen LogP contribution in [0.2, 0.25) is 5.02 Å². The maximum Gasteiger partial charge on any atom is 0.138 e. The van der Waals surface area contributed by atoms with E-state index in [1.54, 1.807) is 6.20 Å². The van der Waals surface area contributed by atoms with Gasteiger partial charge >= 0.3 is 0 Å². The molecule has 0 aliphatic carbocycles. The molecule has 3 heterocycles. The van der Waals surface area contributed by atoms with E-state index in [1.807, 2.05) is 24.4 Å². The van der Waals surface area contributed by atoms with E-state index in [2.05, 4.69) is 33.2 Å². The Hall–Kier alpha value is -2.26. The van der Waals surface area contributed by atoms with Gasteiger partial charge in [0.2, 0.25) is 0 Å². The third kappa shape index (κ3) is 1.55. The molecule has 0 radical (unpaired) electrons. The summed E-state index contributed by atoms with van der Waals surface area (Å²) in [4.78, 5) is 10.8. The smallest absolute Gasteiger partial charge is 0.138 e. The van der Waals surface area contributed by atoms with Gasteiger partial charge in [-0.1, -0.05) is 29.8 Å². The molecular formula is C15H10ClN3. The summed E-state index contributed by atoms with van der Waals surface area (Å²) in [6, 6.07) is 12.2. The number of halogens is 1. The lowest BCUT2D eigenvalue weighted by molar-refractivity contribution is 1.32. The summed E-state index contributed by atoms with van der Waals surface area (Å²) >= 11 is 6.47. The van der Waals surface area contributed by atoms with E-state index in [0.29, 0.717) is 0 Å². The topological polar surface area (TPSA) is 44.5 Å². The van der Waals surface area contributed by atoms with E-state index < -0.39 is 0 Å². The van der Waals surface area contributed by atoms with Gasteiger partial charge in [0.05, 0.1) is 5.02 Å². The highest BCUT2D eigenvalue weighted by Crippen LogP contribution is 2.33. The summed E-state index contributed by atoms with van der Waals surface area (Å²) in [5.74, 6) is 0. The molecule has 19 heavy (non-hydrogen) atoms. The summed E-state index contributed by atoms with van der Waals surface area (Å²) in [7, 11) is 0. The molecule has 0 unspecified atom stereocenters. The summed E-state index contributed by atoms with van der Waals surface area (Å²) < 4.78 is 0. The molecule has 4 aromatic rings. The van der Waals surface area contributed by atoms with Crippen molar-refractivity contribution in [2.24, 2.45) is 0 Å². The van der Waals surface area contributed by atoms with Crippen LogP contribution in [0.5, 0.6) is 0 Å². The molecule has 1 aromatic carbocycles. The van der Waals surface area contributed by atoms with Crippen molar-refractivity contribution in [1.29, 1.82) is 0 Å². The molecule has 4 rings (SSSR count). The molecule has 0 aliphatic heterocycles. The second-order valence-electron chi connectivity index (χ2n) is 4.50. The number of fused-ring (bicyclic) bond motifs is 2. The van der Waals surface area contributed by atoms with Crippen LogP contribution in [-0.2, 0) is 0 Å². The van der Waals surface area contributed by atoms with Crippen molar-refractivity contribution in [1.82, 2.24) is 15.0 Å². The molecule has 3 nitrogen and oxygen atoms in total. The summed E-state index contributed by atoms with van der Waals surface area (Å²) in [5.41, 5.74) is 3.82. The number of hydrogen-bond donors (Lipinski definition) is 2. The van der Waals surface area contributed by atoms with Gasteiger partial charge in [-0.2, -0.15) is 0 Å². The monoisotopic (exact) mass is 267 g/mol.